The smallest absolute Gasteiger partial charge is 0.337 e. The van der Waals surface area contributed by atoms with E-state index in [-0.39, 0.29) is 5.54 Å². The minimum absolute atomic E-state index is 0.00492. The molecule has 0 unspecified atom stereocenters. The SMILES string of the molecule is C=CCC1(CC=C)CCCCN1Cc1ncccc1C(=O)O. The first kappa shape index (κ1) is 16.4. The Bertz CT molecular complexity index is 544. The van der Waals surface area contributed by atoms with Crippen LogP contribution in [0.4, 0.5) is 0 Å². The number of carbonyl (C=O) groups is 1. The molecule has 0 bridgehead atoms. The third kappa shape index (κ3) is 3.45. The quantitative estimate of drug-likeness (QED) is 0.781. The third-order valence-electron chi connectivity index (χ3n) is 4.50. The van der Waals surface area contributed by atoms with Gasteiger partial charge in [-0.25, -0.2) is 4.79 Å². The summed E-state index contributed by atoms with van der Waals surface area (Å²) in [6, 6.07) is 3.29. The number of aromatic nitrogens is 1. The van der Waals surface area contributed by atoms with Gasteiger partial charge in [-0.2, -0.15) is 0 Å². The van der Waals surface area contributed by atoms with Gasteiger partial charge in [0.05, 0.1) is 11.3 Å². The third-order valence-corrected chi connectivity index (χ3v) is 4.50. The molecular weight excluding hydrogens is 276 g/mol. The second kappa shape index (κ2) is 7.36. The summed E-state index contributed by atoms with van der Waals surface area (Å²) < 4.78 is 0. The highest BCUT2D eigenvalue weighted by atomic mass is 16.4. The van der Waals surface area contributed by atoms with Crippen LogP contribution < -0.4 is 0 Å². The van der Waals surface area contributed by atoms with E-state index >= 15 is 0 Å². The van der Waals surface area contributed by atoms with Gasteiger partial charge >= 0.3 is 5.97 Å². The first-order chi connectivity index (χ1) is 10.6. The fourth-order valence-electron chi connectivity index (χ4n) is 3.42. The van der Waals surface area contributed by atoms with Crippen molar-refractivity contribution in [1.82, 2.24) is 9.88 Å². The zero-order chi connectivity index (χ0) is 16.0. The lowest BCUT2D eigenvalue weighted by molar-refractivity contribution is 0.0407. The van der Waals surface area contributed by atoms with Gasteiger partial charge in [-0.1, -0.05) is 18.6 Å². The molecule has 1 fully saturated rings. The molecule has 1 aliphatic heterocycles. The molecule has 2 heterocycles. The van der Waals surface area contributed by atoms with Crippen molar-refractivity contribution in [2.24, 2.45) is 0 Å². The van der Waals surface area contributed by atoms with Gasteiger partial charge in [-0.05, 0) is 44.4 Å². The number of likely N-dealkylation sites (tertiary alicyclic amines) is 1. The van der Waals surface area contributed by atoms with Crippen molar-refractivity contribution in [2.45, 2.75) is 44.2 Å². The van der Waals surface area contributed by atoms with Crippen LogP contribution >= 0.6 is 0 Å². The van der Waals surface area contributed by atoms with E-state index in [1.807, 2.05) is 12.2 Å². The monoisotopic (exact) mass is 300 g/mol. The Balaban J connectivity index is 2.30. The van der Waals surface area contributed by atoms with Crippen molar-refractivity contribution in [3.05, 3.63) is 54.9 Å². The number of aromatic carboxylic acids is 1. The predicted molar refractivity (Wildman–Crippen MR) is 87.8 cm³/mol. The maximum absolute atomic E-state index is 11.4. The summed E-state index contributed by atoms with van der Waals surface area (Å²) in [4.78, 5) is 18.1. The largest absolute Gasteiger partial charge is 0.478 e. The average Bonchev–Trinajstić information content (AvgIpc) is 2.50. The first-order valence-electron chi connectivity index (χ1n) is 7.77. The molecule has 1 aromatic rings. The Labute approximate surface area is 132 Å². The summed E-state index contributed by atoms with van der Waals surface area (Å²) in [5.41, 5.74) is 0.920. The number of carboxylic acid groups (broad SMARTS) is 1. The molecule has 0 spiro atoms. The van der Waals surface area contributed by atoms with Gasteiger partial charge in [0.1, 0.15) is 0 Å². The number of piperidine rings is 1. The molecule has 1 aliphatic rings. The highest BCUT2D eigenvalue weighted by molar-refractivity contribution is 5.88. The van der Waals surface area contributed by atoms with Crippen LogP contribution in [0.3, 0.4) is 0 Å². The standard InChI is InChI=1S/C18H24N2O2/c1-3-9-18(10-4-2)11-5-6-13-20(18)14-16-15(17(21)22)8-7-12-19-16/h3-4,7-8,12H,1-2,5-6,9-11,13-14H2,(H,21,22). The highest BCUT2D eigenvalue weighted by Crippen LogP contribution is 2.36. The minimum Gasteiger partial charge on any atom is -0.478 e. The van der Waals surface area contributed by atoms with Gasteiger partial charge in [0, 0.05) is 18.3 Å². The van der Waals surface area contributed by atoms with Crippen LogP contribution in [0.25, 0.3) is 0 Å². The molecule has 1 N–H and O–H groups in total. The Morgan fingerprint density at radius 3 is 2.73 bits per heavy atom. The number of nitrogens with zero attached hydrogens (tertiary/aromatic N) is 2. The molecule has 0 aliphatic carbocycles. The van der Waals surface area contributed by atoms with Crippen LogP contribution in [-0.2, 0) is 6.54 Å². The van der Waals surface area contributed by atoms with Crippen LogP contribution in [0.2, 0.25) is 0 Å². The van der Waals surface area contributed by atoms with Crippen LogP contribution in [0, 0.1) is 0 Å². The number of rotatable bonds is 7. The van der Waals surface area contributed by atoms with Gasteiger partial charge in [0.25, 0.3) is 0 Å². The van der Waals surface area contributed by atoms with E-state index < -0.39 is 5.97 Å². The molecule has 0 radical (unpaired) electrons. The van der Waals surface area contributed by atoms with E-state index in [1.54, 1.807) is 18.3 Å². The summed E-state index contributed by atoms with van der Waals surface area (Å²) in [6.45, 7) is 9.31. The van der Waals surface area contributed by atoms with Crippen LogP contribution in [-0.4, -0.2) is 33.0 Å². The maximum atomic E-state index is 11.4. The van der Waals surface area contributed by atoms with Crippen molar-refractivity contribution < 1.29 is 9.90 Å². The van der Waals surface area contributed by atoms with Gasteiger partial charge in [-0.15, -0.1) is 13.2 Å². The summed E-state index contributed by atoms with van der Waals surface area (Å²) in [7, 11) is 0. The molecule has 1 aromatic heterocycles. The lowest BCUT2D eigenvalue weighted by Crippen LogP contribution is -2.51. The molecule has 1 saturated heterocycles. The summed E-state index contributed by atoms with van der Waals surface area (Å²) >= 11 is 0. The Morgan fingerprint density at radius 1 is 1.36 bits per heavy atom. The lowest BCUT2D eigenvalue weighted by Gasteiger charge is -2.47. The normalized spacial score (nSPS) is 17.8. The van der Waals surface area contributed by atoms with Crippen molar-refractivity contribution in [3.8, 4) is 0 Å². The molecule has 22 heavy (non-hydrogen) atoms. The van der Waals surface area contributed by atoms with Gasteiger partial charge < -0.3 is 5.11 Å². The first-order valence-corrected chi connectivity index (χ1v) is 7.77. The fraction of sp³-hybridized carbons (Fsp3) is 0.444. The fourth-order valence-corrected chi connectivity index (χ4v) is 3.42. The molecule has 4 heteroatoms. The second-order valence-corrected chi connectivity index (χ2v) is 5.89. The van der Waals surface area contributed by atoms with E-state index in [0.717, 1.165) is 32.2 Å². The molecule has 118 valence electrons. The van der Waals surface area contributed by atoms with E-state index in [9.17, 15) is 9.90 Å². The van der Waals surface area contributed by atoms with E-state index in [2.05, 4.69) is 23.0 Å². The average molecular weight is 300 g/mol. The zero-order valence-electron chi connectivity index (χ0n) is 13.0. The second-order valence-electron chi connectivity index (χ2n) is 5.89. The van der Waals surface area contributed by atoms with E-state index in [1.165, 1.54) is 6.42 Å². The van der Waals surface area contributed by atoms with Crippen LogP contribution in [0.1, 0.15) is 48.2 Å². The zero-order valence-corrected chi connectivity index (χ0v) is 13.0. The van der Waals surface area contributed by atoms with Crippen LogP contribution in [0.5, 0.6) is 0 Å². The summed E-state index contributed by atoms with van der Waals surface area (Å²) in [6.07, 6.45) is 10.7. The highest BCUT2D eigenvalue weighted by Gasteiger charge is 2.37. The topological polar surface area (TPSA) is 53.4 Å². The van der Waals surface area contributed by atoms with E-state index in [0.29, 0.717) is 17.8 Å². The van der Waals surface area contributed by atoms with Crippen molar-refractivity contribution in [3.63, 3.8) is 0 Å². The number of hydrogen-bond acceptors (Lipinski definition) is 3. The number of hydrogen-bond donors (Lipinski definition) is 1. The van der Waals surface area contributed by atoms with Crippen molar-refractivity contribution in [2.75, 3.05) is 6.54 Å². The van der Waals surface area contributed by atoms with Gasteiger partial charge in [-0.3, -0.25) is 9.88 Å². The van der Waals surface area contributed by atoms with Crippen molar-refractivity contribution >= 4 is 5.97 Å². The Kier molecular flexibility index (Phi) is 5.50. The lowest BCUT2D eigenvalue weighted by atomic mass is 9.80. The number of carboxylic acids is 1. The van der Waals surface area contributed by atoms with E-state index in [4.69, 9.17) is 0 Å². The molecule has 0 atom stereocenters. The molecule has 0 amide bonds. The predicted octanol–water partition coefficient (Wildman–Crippen LogP) is 3.66. The van der Waals surface area contributed by atoms with Crippen LogP contribution in [0.15, 0.2) is 43.6 Å². The molecule has 2 rings (SSSR count). The van der Waals surface area contributed by atoms with Gasteiger partial charge in [0.2, 0.25) is 0 Å². The summed E-state index contributed by atoms with van der Waals surface area (Å²) in [5.74, 6) is -0.918. The molecule has 0 aromatic carbocycles. The van der Waals surface area contributed by atoms with Crippen molar-refractivity contribution in [1.29, 1.82) is 0 Å². The maximum Gasteiger partial charge on any atom is 0.337 e. The Morgan fingerprint density at radius 2 is 2.09 bits per heavy atom. The molecule has 0 saturated carbocycles. The minimum atomic E-state index is -0.918. The molecular formula is C18H24N2O2. The number of pyridine rings is 1. The summed E-state index contributed by atoms with van der Waals surface area (Å²) in [5, 5.41) is 9.34. The van der Waals surface area contributed by atoms with Gasteiger partial charge in [0.15, 0.2) is 0 Å². The Hall–Kier alpha value is -1.94. The molecule has 4 nitrogen and oxygen atoms in total.